The lowest BCUT2D eigenvalue weighted by molar-refractivity contribution is -0.133. The zero-order valence-electron chi connectivity index (χ0n) is 15.0. The third-order valence-electron chi connectivity index (χ3n) is 5.12. The van der Waals surface area contributed by atoms with E-state index >= 15 is 0 Å². The van der Waals surface area contributed by atoms with Crippen molar-refractivity contribution in [3.63, 3.8) is 0 Å². The standard InChI is InChI=1S/C20H29N3O2/c24-19(16-23-13-7-10-20(23)25)21-18(14-17-8-3-1-4-9-17)15-22-11-5-2-6-12-22/h1,3-4,8-9,18H,2,5-7,10-16H2,(H,21,24)/t18-/m0/s1. The first kappa shape index (κ1) is 17.9. The first-order valence-corrected chi connectivity index (χ1v) is 9.54. The summed E-state index contributed by atoms with van der Waals surface area (Å²) < 4.78 is 0. The Balaban J connectivity index is 1.58. The molecule has 0 aromatic heterocycles. The normalized spacial score (nSPS) is 19.8. The number of rotatable bonds is 7. The van der Waals surface area contributed by atoms with E-state index in [4.69, 9.17) is 0 Å². The van der Waals surface area contributed by atoms with Gasteiger partial charge in [0.25, 0.3) is 0 Å². The Morgan fingerprint density at radius 3 is 2.48 bits per heavy atom. The molecule has 0 radical (unpaired) electrons. The maximum atomic E-state index is 12.5. The Hall–Kier alpha value is -1.88. The molecule has 2 fully saturated rings. The summed E-state index contributed by atoms with van der Waals surface area (Å²) in [6.45, 7) is 4.03. The van der Waals surface area contributed by atoms with Crippen LogP contribution in [0, 0.1) is 0 Å². The molecule has 1 aromatic carbocycles. The van der Waals surface area contributed by atoms with Gasteiger partial charge in [0.05, 0.1) is 6.54 Å². The number of hydrogen-bond donors (Lipinski definition) is 1. The molecule has 3 rings (SSSR count). The predicted molar refractivity (Wildman–Crippen MR) is 98.2 cm³/mol. The van der Waals surface area contributed by atoms with Crippen molar-refractivity contribution < 1.29 is 9.59 Å². The van der Waals surface area contributed by atoms with Gasteiger partial charge < -0.3 is 15.1 Å². The molecule has 2 heterocycles. The maximum Gasteiger partial charge on any atom is 0.239 e. The molecule has 2 saturated heterocycles. The Morgan fingerprint density at radius 1 is 1.04 bits per heavy atom. The van der Waals surface area contributed by atoms with Gasteiger partial charge in [-0.25, -0.2) is 0 Å². The van der Waals surface area contributed by atoms with Gasteiger partial charge in [0, 0.05) is 25.6 Å². The largest absolute Gasteiger partial charge is 0.350 e. The molecule has 0 saturated carbocycles. The van der Waals surface area contributed by atoms with Gasteiger partial charge in [0.15, 0.2) is 0 Å². The third-order valence-corrected chi connectivity index (χ3v) is 5.12. The molecule has 136 valence electrons. The number of carbonyl (C=O) groups is 2. The molecule has 0 unspecified atom stereocenters. The second-order valence-electron chi connectivity index (χ2n) is 7.23. The van der Waals surface area contributed by atoms with Crippen LogP contribution in [-0.4, -0.2) is 60.4 Å². The lowest BCUT2D eigenvalue weighted by atomic mass is 10.0. The highest BCUT2D eigenvalue weighted by Gasteiger charge is 2.24. The molecule has 2 aliphatic rings. The summed E-state index contributed by atoms with van der Waals surface area (Å²) in [7, 11) is 0. The Kier molecular flexibility index (Phi) is 6.45. The van der Waals surface area contributed by atoms with Crippen LogP contribution in [-0.2, 0) is 16.0 Å². The van der Waals surface area contributed by atoms with Crippen molar-refractivity contribution in [2.75, 3.05) is 32.7 Å². The molecule has 1 N–H and O–H groups in total. The van der Waals surface area contributed by atoms with Crippen molar-refractivity contribution in [2.45, 2.75) is 44.6 Å². The van der Waals surface area contributed by atoms with E-state index in [1.165, 1.54) is 24.8 Å². The van der Waals surface area contributed by atoms with Crippen molar-refractivity contribution >= 4 is 11.8 Å². The highest BCUT2D eigenvalue weighted by molar-refractivity contribution is 5.85. The molecule has 1 atom stereocenters. The molecule has 5 nitrogen and oxygen atoms in total. The number of nitrogens with zero attached hydrogens (tertiary/aromatic N) is 2. The lowest BCUT2D eigenvalue weighted by Crippen LogP contribution is -2.49. The van der Waals surface area contributed by atoms with Crippen LogP contribution >= 0.6 is 0 Å². The minimum atomic E-state index is -0.0341. The first-order valence-electron chi connectivity index (χ1n) is 9.54. The maximum absolute atomic E-state index is 12.5. The van der Waals surface area contributed by atoms with E-state index in [-0.39, 0.29) is 24.4 Å². The molecular formula is C20H29N3O2. The van der Waals surface area contributed by atoms with Gasteiger partial charge in [-0.05, 0) is 44.3 Å². The average molecular weight is 343 g/mol. The first-order chi connectivity index (χ1) is 12.2. The smallest absolute Gasteiger partial charge is 0.239 e. The van der Waals surface area contributed by atoms with Crippen molar-refractivity contribution in [2.24, 2.45) is 0 Å². The van der Waals surface area contributed by atoms with Crippen LogP contribution in [0.3, 0.4) is 0 Å². The second kappa shape index (κ2) is 8.99. The van der Waals surface area contributed by atoms with E-state index in [0.717, 1.165) is 32.5 Å². The zero-order valence-corrected chi connectivity index (χ0v) is 15.0. The fourth-order valence-electron chi connectivity index (χ4n) is 3.83. The number of carbonyl (C=O) groups excluding carboxylic acids is 2. The van der Waals surface area contributed by atoms with Crippen LogP contribution in [0.2, 0.25) is 0 Å². The molecular weight excluding hydrogens is 314 g/mol. The molecule has 2 amide bonds. The molecule has 25 heavy (non-hydrogen) atoms. The molecule has 0 bridgehead atoms. The van der Waals surface area contributed by atoms with E-state index in [9.17, 15) is 9.59 Å². The summed E-state index contributed by atoms with van der Waals surface area (Å²) >= 11 is 0. The van der Waals surface area contributed by atoms with Crippen LogP contribution in [0.4, 0.5) is 0 Å². The quantitative estimate of drug-likeness (QED) is 0.822. The van der Waals surface area contributed by atoms with E-state index in [1.807, 2.05) is 18.2 Å². The minimum Gasteiger partial charge on any atom is -0.350 e. The Labute approximate surface area is 150 Å². The monoisotopic (exact) mass is 343 g/mol. The van der Waals surface area contributed by atoms with Crippen LogP contribution in [0.5, 0.6) is 0 Å². The lowest BCUT2D eigenvalue weighted by Gasteiger charge is -2.31. The Morgan fingerprint density at radius 2 is 1.80 bits per heavy atom. The van der Waals surface area contributed by atoms with Gasteiger partial charge in [-0.3, -0.25) is 9.59 Å². The Bertz CT molecular complexity index is 570. The predicted octanol–water partition coefficient (Wildman–Crippen LogP) is 1.82. The highest BCUT2D eigenvalue weighted by atomic mass is 16.2. The van der Waals surface area contributed by atoms with Gasteiger partial charge in [-0.1, -0.05) is 36.8 Å². The fraction of sp³-hybridized carbons (Fsp3) is 0.600. The number of likely N-dealkylation sites (tertiary alicyclic amines) is 2. The summed E-state index contributed by atoms with van der Waals surface area (Å²) in [4.78, 5) is 28.3. The topological polar surface area (TPSA) is 52.7 Å². The van der Waals surface area contributed by atoms with Crippen LogP contribution in [0.1, 0.15) is 37.7 Å². The number of hydrogen-bond acceptors (Lipinski definition) is 3. The number of piperidine rings is 1. The number of amides is 2. The van der Waals surface area contributed by atoms with Gasteiger partial charge >= 0.3 is 0 Å². The summed E-state index contributed by atoms with van der Waals surface area (Å²) in [6, 6.07) is 10.4. The zero-order chi connectivity index (χ0) is 17.5. The molecule has 5 heteroatoms. The minimum absolute atomic E-state index is 0.0341. The number of nitrogens with one attached hydrogen (secondary N) is 1. The van der Waals surface area contributed by atoms with Crippen molar-refractivity contribution in [1.82, 2.24) is 15.1 Å². The molecule has 2 aliphatic heterocycles. The van der Waals surface area contributed by atoms with Gasteiger partial charge in [-0.2, -0.15) is 0 Å². The highest BCUT2D eigenvalue weighted by Crippen LogP contribution is 2.12. The summed E-state index contributed by atoms with van der Waals surface area (Å²) in [5.41, 5.74) is 1.24. The fourth-order valence-corrected chi connectivity index (χ4v) is 3.83. The summed E-state index contributed by atoms with van der Waals surface area (Å²) in [6.07, 6.45) is 6.07. The van der Waals surface area contributed by atoms with Gasteiger partial charge in [0.1, 0.15) is 0 Å². The van der Waals surface area contributed by atoms with Crippen LogP contribution in [0.15, 0.2) is 30.3 Å². The molecule has 1 aromatic rings. The molecule has 0 spiro atoms. The van der Waals surface area contributed by atoms with Crippen molar-refractivity contribution in [1.29, 1.82) is 0 Å². The van der Waals surface area contributed by atoms with Crippen molar-refractivity contribution in [3.8, 4) is 0 Å². The van der Waals surface area contributed by atoms with Crippen LogP contribution < -0.4 is 5.32 Å². The van der Waals surface area contributed by atoms with E-state index in [1.54, 1.807) is 4.90 Å². The summed E-state index contributed by atoms with van der Waals surface area (Å²) in [5.74, 6) is 0.0685. The van der Waals surface area contributed by atoms with Crippen LogP contribution in [0.25, 0.3) is 0 Å². The van der Waals surface area contributed by atoms with E-state index in [0.29, 0.717) is 13.0 Å². The van der Waals surface area contributed by atoms with E-state index in [2.05, 4.69) is 22.3 Å². The summed E-state index contributed by atoms with van der Waals surface area (Å²) in [5, 5.41) is 3.19. The SMILES string of the molecule is O=C(CN1CCCC1=O)N[C@@H](Cc1ccccc1)CN1CCCCC1. The van der Waals surface area contributed by atoms with Gasteiger partial charge in [-0.15, -0.1) is 0 Å². The van der Waals surface area contributed by atoms with E-state index < -0.39 is 0 Å². The average Bonchev–Trinajstić information content (AvgIpc) is 3.01. The molecule has 0 aliphatic carbocycles. The van der Waals surface area contributed by atoms with Crippen molar-refractivity contribution in [3.05, 3.63) is 35.9 Å². The second-order valence-corrected chi connectivity index (χ2v) is 7.23. The number of benzene rings is 1. The van der Waals surface area contributed by atoms with Gasteiger partial charge in [0.2, 0.25) is 11.8 Å². The third kappa shape index (κ3) is 5.56.